The van der Waals surface area contributed by atoms with Crippen molar-refractivity contribution in [3.63, 3.8) is 0 Å². The lowest BCUT2D eigenvalue weighted by atomic mass is 9.99. The zero-order valence-corrected chi connectivity index (χ0v) is 16.9. The molecule has 0 aromatic carbocycles. The molecule has 1 aliphatic heterocycles. The topological polar surface area (TPSA) is 95.9 Å². The standard InChI is InChI=1S/C21H34N2O5/c1-4-6-7-11-20(26)28-15-16(3)22-21(27)17(9-5-2)13-19(25)23-12-8-10-18(23)14-24/h4-5,16-18,24H,1-2,6-15H2,3H3,(H,22,27). The van der Waals surface area contributed by atoms with Crippen LogP contribution in [0.4, 0.5) is 0 Å². The Morgan fingerprint density at radius 3 is 2.71 bits per heavy atom. The van der Waals surface area contributed by atoms with Gasteiger partial charge in [-0.1, -0.05) is 12.2 Å². The van der Waals surface area contributed by atoms with Gasteiger partial charge in [0.2, 0.25) is 11.8 Å². The third kappa shape index (κ3) is 8.25. The number of ether oxygens (including phenoxy) is 1. The molecular weight excluding hydrogens is 360 g/mol. The second-order valence-electron chi connectivity index (χ2n) is 7.26. The van der Waals surface area contributed by atoms with Crippen molar-refractivity contribution in [2.75, 3.05) is 19.8 Å². The fourth-order valence-electron chi connectivity index (χ4n) is 3.25. The largest absolute Gasteiger partial charge is 0.464 e. The molecule has 0 aromatic rings. The van der Waals surface area contributed by atoms with Gasteiger partial charge in [0, 0.05) is 19.4 Å². The van der Waals surface area contributed by atoms with E-state index in [1.54, 1.807) is 24.0 Å². The number of rotatable bonds is 13. The number of carbonyl (C=O) groups excluding carboxylic acids is 3. The molecule has 0 aliphatic carbocycles. The molecule has 1 rings (SSSR count). The third-order valence-electron chi connectivity index (χ3n) is 4.82. The Hall–Kier alpha value is -2.15. The van der Waals surface area contributed by atoms with E-state index in [0.717, 1.165) is 19.3 Å². The highest BCUT2D eigenvalue weighted by molar-refractivity contribution is 5.86. The fraction of sp³-hybridized carbons (Fsp3) is 0.667. The lowest BCUT2D eigenvalue weighted by Crippen LogP contribution is -2.43. The van der Waals surface area contributed by atoms with E-state index in [9.17, 15) is 19.5 Å². The van der Waals surface area contributed by atoms with E-state index in [2.05, 4.69) is 18.5 Å². The Kier molecular flexibility index (Phi) is 11.2. The summed E-state index contributed by atoms with van der Waals surface area (Å²) < 4.78 is 5.17. The summed E-state index contributed by atoms with van der Waals surface area (Å²) in [7, 11) is 0. The van der Waals surface area contributed by atoms with Gasteiger partial charge in [0.1, 0.15) is 6.61 Å². The Labute approximate surface area is 167 Å². The number of esters is 1. The fourth-order valence-corrected chi connectivity index (χ4v) is 3.25. The Morgan fingerprint density at radius 2 is 2.07 bits per heavy atom. The summed E-state index contributed by atoms with van der Waals surface area (Å²) in [4.78, 5) is 38.4. The molecule has 1 aliphatic rings. The molecule has 1 fully saturated rings. The lowest BCUT2D eigenvalue weighted by Gasteiger charge is -2.25. The van der Waals surface area contributed by atoms with E-state index >= 15 is 0 Å². The smallest absolute Gasteiger partial charge is 0.305 e. The van der Waals surface area contributed by atoms with Crippen LogP contribution in [0.5, 0.6) is 0 Å². The summed E-state index contributed by atoms with van der Waals surface area (Å²) in [5.74, 6) is -1.22. The molecule has 0 spiro atoms. The van der Waals surface area contributed by atoms with Crippen LogP contribution in [0.1, 0.15) is 51.9 Å². The highest BCUT2D eigenvalue weighted by atomic mass is 16.5. The SMILES string of the molecule is C=CCCCC(=O)OCC(C)NC(=O)C(CC=C)CC(=O)N1CCCC1CO. The number of carbonyl (C=O) groups is 3. The van der Waals surface area contributed by atoms with Crippen molar-refractivity contribution in [1.29, 1.82) is 0 Å². The number of aliphatic hydroxyl groups excluding tert-OH is 1. The zero-order chi connectivity index (χ0) is 20.9. The molecule has 0 saturated carbocycles. The van der Waals surface area contributed by atoms with Gasteiger partial charge in [0.25, 0.3) is 0 Å². The summed E-state index contributed by atoms with van der Waals surface area (Å²) in [6, 6.07) is -0.505. The van der Waals surface area contributed by atoms with Crippen LogP contribution in [0.15, 0.2) is 25.3 Å². The number of nitrogens with zero attached hydrogens (tertiary/aromatic N) is 1. The van der Waals surface area contributed by atoms with Crippen molar-refractivity contribution in [2.24, 2.45) is 5.92 Å². The normalized spacial score (nSPS) is 18.2. The van der Waals surface area contributed by atoms with Gasteiger partial charge in [0.05, 0.1) is 24.6 Å². The molecular formula is C21H34N2O5. The van der Waals surface area contributed by atoms with Crippen LogP contribution >= 0.6 is 0 Å². The number of likely N-dealkylation sites (tertiary alicyclic amines) is 1. The van der Waals surface area contributed by atoms with Crippen molar-refractivity contribution in [1.82, 2.24) is 10.2 Å². The second kappa shape index (κ2) is 13.1. The quantitative estimate of drug-likeness (QED) is 0.283. The average Bonchev–Trinajstić information content (AvgIpc) is 3.15. The lowest BCUT2D eigenvalue weighted by molar-refractivity contribution is -0.145. The number of hydrogen-bond acceptors (Lipinski definition) is 5. The number of aliphatic hydroxyl groups is 1. The van der Waals surface area contributed by atoms with E-state index in [-0.39, 0.29) is 49.5 Å². The molecule has 0 bridgehead atoms. The number of nitrogens with one attached hydrogen (secondary N) is 1. The maximum atomic E-state index is 12.6. The minimum Gasteiger partial charge on any atom is -0.464 e. The zero-order valence-electron chi connectivity index (χ0n) is 16.9. The minimum atomic E-state index is -0.532. The third-order valence-corrected chi connectivity index (χ3v) is 4.82. The maximum Gasteiger partial charge on any atom is 0.305 e. The van der Waals surface area contributed by atoms with Crippen LogP contribution in [0, 0.1) is 5.92 Å². The second-order valence-corrected chi connectivity index (χ2v) is 7.26. The first-order valence-electron chi connectivity index (χ1n) is 10.0. The van der Waals surface area contributed by atoms with E-state index in [1.165, 1.54) is 0 Å². The Bertz CT molecular complexity index is 549. The van der Waals surface area contributed by atoms with Crippen molar-refractivity contribution >= 4 is 17.8 Å². The number of allylic oxidation sites excluding steroid dienone is 2. The number of hydrogen-bond donors (Lipinski definition) is 2. The predicted molar refractivity (Wildman–Crippen MR) is 107 cm³/mol. The summed E-state index contributed by atoms with van der Waals surface area (Å²) >= 11 is 0. The van der Waals surface area contributed by atoms with Crippen LogP contribution in [0.3, 0.4) is 0 Å². The monoisotopic (exact) mass is 394 g/mol. The molecule has 2 N–H and O–H groups in total. The van der Waals surface area contributed by atoms with Gasteiger partial charge in [0.15, 0.2) is 0 Å². The molecule has 158 valence electrons. The maximum absolute atomic E-state index is 12.6. The molecule has 1 heterocycles. The molecule has 3 atom stereocenters. The van der Waals surface area contributed by atoms with Crippen LogP contribution in [-0.4, -0.2) is 59.6 Å². The van der Waals surface area contributed by atoms with E-state index < -0.39 is 5.92 Å². The van der Waals surface area contributed by atoms with Gasteiger partial charge in [-0.2, -0.15) is 0 Å². The predicted octanol–water partition coefficient (Wildman–Crippen LogP) is 1.96. The van der Waals surface area contributed by atoms with Crippen LogP contribution < -0.4 is 5.32 Å². The van der Waals surface area contributed by atoms with Gasteiger partial charge in [-0.25, -0.2) is 0 Å². The highest BCUT2D eigenvalue weighted by Gasteiger charge is 2.31. The Balaban J connectivity index is 2.48. The van der Waals surface area contributed by atoms with Crippen molar-refractivity contribution in [3.8, 4) is 0 Å². The van der Waals surface area contributed by atoms with Gasteiger partial charge >= 0.3 is 5.97 Å². The van der Waals surface area contributed by atoms with E-state index in [1.807, 2.05) is 0 Å². The van der Waals surface area contributed by atoms with Crippen LogP contribution in [0.2, 0.25) is 0 Å². The number of amides is 2. The van der Waals surface area contributed by atoms with Crippen molar-refractivity contribution in [3.05, 3.63) is 25.3 Å². The summed E-state index contributed by atoms with van der Waals surface area (Å²) in [6.45, 7) is 9.68. The van der Waals surface area contributed by atoms with Crippen molar-refractivity contribution < 1.29 is 24.2 Å². The highest BCUT2D eigenvalue weighted by Crippen LogP contribution is 2.20. The molecule has 7 heteroatoms. The molecule has 28 heavy (non-hydrogen) atoms. The van der Waals surface area contributed by atoms with E-state index in [4.69, 9.17) is 4.74 Å². The molecule has 2 amide bonds. The molecule has 0 aromatic heterocycles. The van der Waals surface area contributed by atoms with Gasteiger partial charge in [-0.05, 0) is 39.0 Å². The average molecular weight is 395 g/mol. The first kappa shape index (κ1) is 23.9. The minimum absolute atomic E-state index is 0.0563. The van der Waals surface area contributed by atoms with Gasteiger partial charge in [-0.15, -0.1) is 13.2 Å². The van der Waals surface area contributed by atoms with Gasteiger partial charge in [-0.3, -0.25) is 14.4 Å². The summed E-state index contributed by atoms with van der Waals surface area (Å²) in [6.07, 6.45) is 7.25. The summed E-state index contributed by atoms with van der Waals surface area (Å²) in [5.41, 5.74) is 0. The van der Waals surface area contributed by atoms with Crippen molar-refractivity contribution in [2.45, 2.75) is 64.0 Å². The first-order valence-corrected chi connectivity index (χ1v) is 10.0. The molecule has 0 radical (unpaired) electrons. The van der Waals surface area contributed by atoms with Crippen LogP contribution in [-0.2, 0) is 19.1 Å². The van der Waals surface area contributed by atoms with E-state index in [0.29, 0.717) is 25.8 Å². The molecule has 1 saturated heterocycles. The summed E-state index contributed by atoms with van der Waals surface area (Å²) in [5, 5.41) is 12.2. The first-order chi connectivity index (χ1) is 13.4. The van der Waals surface area contributed by atoms with Crippen LogP contribution in [0.25, 0.3) is 0 Å². The number of unbranched alkanes of at least 4 members (excludes halogenated alkanes) is 1. The Morgan fingerprint density at radius 1 is 1.32 bits per heavy atom. The van der Waals surface area contributed by atoms with Gasteiger partial charge < -0.3 is 20.1 Å². The molecule has 7 nitrogen and oxygen atoms in total. The molecule has 3 unspecified atom stereocenters.